The van der Waals surface area contributed by atoms with Gasteiger partial charge in [0, 0.05) is 32.7 Å². The molecule has 2 fully saturated rings. The monoisotopic (exact) mass is 229 g/mol. The zero-order valence-corrected chi connectivity index (χ0v) is 10.2. The molecule has 0 radical (unpaired) electrons. The van der Waals surface area contributed by atoms with Gasteiger partial charge in [-0.05, 0) is 6.42 Å². The first-order valence-electron chi connectivity index (χ1n) is 6.34. The third kappa shape index (κ3) is 3.15. The van der Waals surface area contributed by atoms with E-state index in [0.29, 0.717) is 0 Å². The van der Waals surface area contributed by atoms with E-state index in [9.17, 15) is 0 Å². The fourth-order valence-electron chi connectivity index (χ4n) is 2.23. The lowest BCUT2D eigenvalue weighted by Crippen LogP contribution is -2.59. The fourth-order valence-corrected chi connectivity index (χ4v) is 2.23. The summed E-state index contributed by atoms with van der Waals surface area (Å²) in [6.45, 7) is 10.8. The maximum Gasteiger partial charge on any atom is 0.0608 e. The van der Waals surface area contributed by atoms with Gasteiger partial charge >= 0.3 is 0 Å². The first-order chi connectivity index (χ1) is 7.92. The van der Waals surface area contributed by atoms with Gasteiger partial charge in [-0.15, -0.1) is 0 Å². The van der Waals surface area contributed by atoms with Crippen LogP contribution in [0.2, 0.25) is 0 Å². The highest BCUT2D eigenvalue weighted by Gasteiger charge is 2.24. The van der Waals surface area contributed by atoms with E-state index in [0.717, 1.165) is 59.2 Å². The second-order valence-corrected chi connectivity index (χ2v) is 4.23. The molecule has 2 aliphatic rings. The lowest BCUT2D eigenvalue weighted by atomic mass is 10.4. The quantitative estimate of drug-likeness (QED) is 0.686. The molecule has 94 valence electrons. The molecule has 2 aliphatic heterocycles. The van der Waals surface area contributed by atoms with E-state index in [1.54, 1.807) is 0 Å². The van der Waals surface area contributed by atoms with Crippen molar-refractivity contribution in [3.8, 4) is 0 Å². The van der Waals surface area contributed by atoms with E-state index < -0.39 is 0 Å². The molecular formula is C11H23N3O2. The van der Waals surface area contributed by atoms with Crippen LogP contribution in [0.25, 0.3) is 0 Å². The zero-order valence-electron chi connectivity index (χ0n) is 10.2. The average Bonchev–Trinajstić information content (AvgIpc) is 2.38. The second kappa shape index (κ2) is 6.51. The maximum absolute atomic E-state index is 5.40. The largest absolute Gasteiger partial charge is 0.379 e. The molecule has 0 amide bonds. The van der Waals surface area contributed by atoms with Gasteiger partial charge in [0.15, 0.2) is 0 Å². The topological polar surface area (TPSA) is 28.2 Å². The fraction of sp³-hybridized carbons (Fsp3) is 1.00. The molecule has 0 aromatic carbocycles. The van der Waals surface area contributed by atoms with Crippen LogP contribution in [0.15, 0.2) is 0 Å². The van der Waals surface area contributed by atoms with Crippen LogP contribution in [0.4, 0.5) is 0 Å². The lowest BCUT2D eigenvalue weighted by Gasteiger charge is -2.45. The minimum Gasteiger partial charge on any atom is -0.379 e. The van der Waals surface area contributed by atoms with E-state index in [-0.39, 0.29) is 0 Å². The van der Waals surface area contributed by atoms with Gasteiger partial charge in [0.1, 0.15) is 0 Å². The van der Waals surface area contributed by atoms with Crippen LogP contribution >= 0.6 is 0 Å². The first kappa shape index (κ1) is 12.3. The number of hydrogen-bond donors (Lipinski definition) is 0. The third-order valence-corrected chi connectivity index (χ3v) is 3.05. The summed E-state index contributed by atoms with van der Waals surface area (Å²) in [6, 6.07) is 0. The molecule has 0 atom stereocenters. The number of morpholine rings is 2. The van der Waals surface area contributed by atoms with Gasteiger partial charge in [0.2, 0.25) is 0 Å². The predicted octanol–water partition coefficient (Wildman–Crippen LogP) is 0.193. The molecule has 2 rings (SSSR count). The molecule has 16 heavy (non-hydrogen) atoms. The summed E-state index contributed by atoms with van der Waals surface area (Å²) in [7, 11) is 0. The number of nitrogens with zero attached hydrogens (tertiary/aromatic N) is 3. The molecule has 0 bridgehead atoms. The Kier molecular flexibility index (Phi) is 4.99. The molecule has 5 nitrogen and oxygen atoms in total. The average molecular weight is 229 g/mol. The summed E-state index contributed by atoms with van der Waals surface area (Å²) in [5.41, 5.74) is 0. The Balaban J connectivity index is 1.91. The number of rotatable bonds is 4. The molecule has 0 aromatic heterocycles. The minimum absolute atomic E-state index is 0.852. The summed E-state index contributed by atoms with van der Waals surface area (Å²) in [6.07, 6.45) is 1.18. The standard InChI is InChI=1S/C11H23N3O2/c1-2-3-14(12-4-8-15-9-5-12)13-6-10-16-11-7-13/h2-11H2,1H3. The van der Waals surface area contributed by atoms with Crippen molar-refractivity contribution < 1.29 is 9.47 Å². The highest BCUT2D eigenvalue weighted by Crippen LogP contribution is 2.10. The first-order valence-corrected chi connectivity index (χ1v) is 6.34. The van der Waals surface area contributed by atoms with Crippen molar-refractivity contribution in [1.82, 2.24) is 15.1 Å². The van der Waals surface area contributed by atoms with Gasteiger partial charge < -0.3 is 9.47 Å². The van der Waals surface area contributed by atoms with Gasteiger partial charge in [-0.3, -0.25) is 0 Å². The smallest absolute Gasteiger partial charge is 0.0608 e. The van der Waals surface area contributed by atoms with Crippen LogP contribution < -0.4 is 0 Å². The van der Waals surface area contributed by atoms with Gasteiger partial charge in [-0.1, -0.05) is 6.92 Å². The Bertz CT molecular complexity index is 174. The summed E-state index contributed by atoms with van der Waals surface area (Å²) < 4.78 is 10.8. The van der Waals surface area contributed by atoms with E-state index >= 15 is 0 Å². The molecule has 0 aromatic rings. The zero-order chi connectivity index (χ0) is 11.2. The molecule has 2 saturated heterocycles. The van der Waals surface area contributed by atoms with Crippen molar-refractivity contribution in [2.75, 3.05) is 59.2 Å². The van der Waals surface area contributed by atoms with Crippen molar-refractivity contribution in [1.29, 1.82) is 0 Å². The van der Waals surface area contributed by atoms with Gasteiger partial charge in [-0.2, -0.15) is 5.12 Å². The summed E-state index contributed by atoms with van der Waals surface area (Å²) in [5.74, 6) is 0. The third-order valence-electron chi connectivity index (χ3n) is 3.05. The van der Waals surface area contributed by atoms with Gasteiger partial charge in [0.25, 0.3) is 0 Å². The maximum atomic E-state index is 5.40. The molecule has 0 unspecified atom stereocenters. The molecular weight excluding hydrogens is 206 g/mol. The minimum atomic E-state index is 0.852. The number of hydrazine groups is 2. The Labute approximate surface area is 97.8 Å². The second-order valence-electron chi connectivity index (χ2n) is 4.23. The SMILES string of the molecule is CCCN(N1CCOCC1)N1CCOCC1. The normalized spacial score (nSPS) is 25.1. The molecule has 0 N–H and O–H groups in total. The highest BCUT2D eigenvalue weighted by molar-refractivity contribution is 4.64. The van der Waals surface area contributed by atoms with E-state index in [1.165, 1.54) is 6.42 Å². The lowest BCUT2D eigenvalue weighted by molar-refractivity contribution is -0.226. The van der Waals surface area contributed by atoms with Crippen molar-refractivity contribution in [3.63, 3.8) is 0 Å². The van der Waals surface area contributed by atoms with Crippen molar-refractivity contribution in [2.24, 2.45) is 0 Å². The van der Waals surface area contributed by atoms with E-state index in [2.05, 4.69) is 22.1 Å². The van der Waals surface area contributed by atoms with E-state index in [1.807, 2.05) is 0 Å². The van der Waals surface area contributed by atoms with E-state index in [4.69, 9.17) is 9.47 Å². The van der Waals surface area contributed by atoms with Crippen LogP contribution in [-0.2, 0) is 9.47 Å². The molecule has 0 spiro atoms. The summed E-state index contributed by atoms with van der Waals surface area (Å²) in [4.78, 5) is 0. The number of ether oxygens (including phenoxy) is 2. The van der Waals surface area contributed by atoms with Gasteiger partial charge in [-0.25, -0.2) is 10.0 Å². The molecule has 0 aliphatic carbocycles. The van der Waals surface area contributed by atoms with Crippen LogP contribution in [0, 0.1) is 0 Å². The van der Waals surface area contributed by atoms with Crippen LogP contribution in [0.3, 0.4) is 0 Å². The van der Waals surface area contributed by atoms with Crippen molar-refractivity contribution in [3.05, 3.63) is 0 Å². The van der Waals surface area contributed by atoms with Crippen LogP contribution in [0.1, 0.15) is 13.3 Å². The molecule has 5 heteroatoms. The Morgan fingerprint density at radius 1 is 0.875 bits per heavy atom. The Hall–Kier alpha value is -0.200. The van der Waals surface area contributed by atoms with Crippen LogP contribution in [-0.4, -0.2) is 74.3 Å². The van der Waals surface area contributed by atoms with Crippen molar-refractivity contribution in [2.45, 2.75) is 13.3 Å². The summed E-state index contributed by atoms with van der Waals surface area (Å²) >= 11 is 0. The predicted molar refractivity (Wildman–Crippen MR) is 61.8 cm³/mol. The Morgan fingerprint density at radius 2 is 1.31 bits per heavy atom. The van der Waals surface area contributed by atoms with Gasteiger partial charge in [0.05, 0.1) is 26.4 Å². The highest BCUT2D eigenvalue weighted by atomic mass is 16.5. The molecule has 2 heterocycles. The number of hydrogen-bond acceptors (Lipinski definition) is 5. The Morgan fingerprint density at radius 3 is 1.69 bits per heavy atom. The van der Waals surface area contributed by atoms with Crippen LogP contribution in [0.5, 0.6) is 0 Å². The molecule has 0 saturated carbocycles. The van der Waals surface area contributed by atoms with Crippen molar-refractivity contribution >= 4 is 0 Å². The summed E-state index contributed by atoms with van der Waals surface area (Å²) in [5, 5.41) is 7.24.